The van der Waals surface area contributed by atoms with Gasteiger partial charge in [0.15, 0.2) is 5.78 Å². The summed E-state index contributed by atoms with van der Waals surface area (Å²) in [6.07, 6.45) is 5.35. The lowest BCUT2D eigenvalue weighted by Gasteiger charge is -2.33. The van der Waals surface area contributed by atoms with Crippen LogP contribution in [0.5, 0.6) is 0 Å². The molecule has 4 N–H and O–H groups in total. The number of pyridine rings is 2. The van der Waals surface area contributed by atoms with Crippen molar-refractivity contribution in [2.45, 2.75) is 25.3 Å². The van der Waals surface area contributed by atoms with Crippen molar-refractivity contribution in [1.29, 1.82) is 0 Å². The van der Waals surface area contributed by atoms with Crippen molar-refractivity contribution in [2.24, 2.45) is 5.73 Å². The summed E-state index contributed by atoms with van der Waals surface area (Å²) in [5, 5.41) is 0. The first-order valence-corrected chi connectivity index (χ1v) is 10.1. The van der Waals surface area contributed by atoms with Crippen LogP contribution in [0.2, 0.25) is 0 Å². The maximum absolute atomic E-state index is 14.2. The second-order valence-electron chi connectivity index (χ2n) is 7.71. The molecule has 1 aromatic carbocycles. The average Bonchev–Trinajstić information content (AvgIpc) is 2.75. The summed E-state index contributed by atoms with van der Waals surface area (Å²) in [6, 6.07) is 8.19. The van der Waals surface area contributed by atoms with Crippen LogP contribution in [0.25, 0.3) is 11.3 Å². The third kappa shape index (κ3) is 4.54. The molecule has 2 aromatic heterocycles. The Bertz CT molecular complexity index is 1120. The molecule has 3 aromatic rings. The van der Waals surface area contributed by atoms with Crippen LogP contribution in [0.15, 0.2) is 48.8 Å². The number of carbonyl (C=O) groups is 1. The van der Waals surface area contributed by atoms with Crippen LogP contribution in [0.1, 0.15) is 28.9 Å². The topological polar surface area (TPSA) is 98.1 Å². The zero-order valence-corrected chi connectivity index (χ0v) is 16.9. The van der Waals surface area contributed by atoms with E-state index in [9.17, 15) is 13.6 Å². The molecule has 3 heterocycles. The fourth-order valence-corrected chi connectivity index (χ4v) is 3.89. The molecule has 31 heavy (non-hydrogen) atoms. The third-order valence-corrected chi connectivity index (χ3v) is 5.43. The second kappa shape index (κ2) is 8.77. The Hall–Kier alpha value is -3.39. The quantitative estimate of drug-likeness (QED) is 0.611. The number of nitrogens with two attached hydrogens (primary N) is 2. The van der Waals surface area contributed by atoms with E-state index in [1.54, 1.807) is 12.4 Å². The number of nitrogens with zero attached hydrogens (tertiary/aromatic N) is 3. The minimum atomic E-state index is -0.758. The minimum Gasteiger partial charge on any atom is -0.397 e. The summed E-state index contributed by atoms with van der Waals surface area (Å²) in [7, 11) is 0. The van der Waals surface area contributed by atoms with Gasteiger partial charge in [0.1, 0.15) is 17.3 Å². The van der Waals surface area contributed by atoms with E-state index in [4.69, 9.17) is 11.5 Å². The largest absolute Gasteiger partial charge is 0.397 e. The first-order valence-electron chi connectivity index (χ1n) is 10.1. The van der Waals surface area contributed by atoms with Gasteiger partial charge < -0.3 is 16.4 Å². The number of Topliss-reactive ketones (excluding diaryl/α,β-unsaturated/α-hetero) is 1. The van der Waals surface area contributed by atoms with Gasteiger partial charge in [-0.25, -0.2) is 13.8 Å². The Morgan fingerprint density at radius 3 is 2.81 bits per heavy atom. The first-order chi connectivity index (χ1) is 14.9. The Morgan fingerprint density at radius 1 is 1.19 bits per heavy atom. The molecule has 1 atom stereocenters. The molecule has 160 valence electrons. The van der Waals surface area contributed by atoms with Gasteiger partial charge in [-0.1, -0.05) is 0 Å². The van der Waals surface area contributed by atoms with Gasteiger partial charge in [-0.2, -0.15) is 0 Å². The molecule has 0 bridgehead atoms. The fourth-order valence-electron chi connectivity index (χ4n) is 3.89. The second-order valence-corrected chi connectivity index (χ2v) is 7.71. The van der Waals surface area contributed by atoms with Gasteiger partial charge >= 0.3 is 0 Å². The van der Waals surface area contributed by atoms with E-state index in [-0.39, 0.29) is 40.9 Å². The van der Waals surface area contributed by atoms with Crippen LogP contribution < -0.4 is 16.4 Å². The number of rotatable bonds is 5. The zero-order chi connectivity index (χ0) is 22.0. The van der Waals surface area contributed by atoms with Gasteiger partial charge in [0.25, 0.3) is 0 Å². The number of benzene rings is 1. The molecule has 1 saturated heterocycles. The van der Waals surface area contributed by atoms with Crippen molar-refractivity contribution in [3.8, 4) is 11.3 Å². The lowest BCUT2D eigenvalue weighted by Crippen LogP contribution is -2.43. The van der Waals surface area contributed by atoms with Crippen LogP contribution in [0.3, 0.4) is 0 Å². The van der Waals surface area contributed by atoms with E-state index in [2.05, 4.69) is 14.9 Å². The number of hydrogen-bond donors (Lipinski definition) is 2. The third-order valence-electron chi connectivity index (χ3n) is 5.43. The Balaban J connectivity index is 1.63. The molecule has 1 aliphatic rings. The normalized spacial score (nSPS) is 16.4. The molecule has 1 aliphatic heterocycles. The zero-order valence-electron chi connectivity index (χ0n) is 16.9. The van der Waals surface area contributed by atoms with E-state index in [1.165, 1.54) is 18.2 Å². The van der Waals surface area contributed by atoms with Crippen molar-refractivity contribution < 1.29 is 13.6 Å². The van der Waals surface area contributed by atoms with Gasteiger partial charge in [-0.3, -0.25) is 9.78 Å². The van der Waals surface area contributed by atoms with Crippen LogP contribution in [0.4, 0.5) is 20.2 Å². The maximum atomic E-state index is 14.2. The molecule has 0 amide bonds. The smallest absolute Gasteiger partial charge is 0.187 e. The van der Waals surface area contributed by atoms with E-state index in [1.807, 2.05) is 6.07 Å². The molecule has 4 rings (SSSR count). The number of aromatic nitrogens is 2. The van der Waals surface area contributed by atoms with Gasteiger partial charge in [0, 0.05) is 60.8 Å². The molecule has 0 aliphatic carbocycles. The molecule has 6 nitrogen and oxygen atoms in total. The Kier molecular flexibility index (Phi) is 5.90. The molecular formula is C23H23F2N5O. The van der Waals surface area contributed by atoms with Crippen LogP contribution in [0, 0.1) is 11.6 Å². The van der Waals surface area contributed by atoms with Gasteiger partial charge in [0.05, 0.1) is 11.4 Å². The van der Waals surface area contributed by atoms with Gasteiger partial charge in [-0.05, 0) is 43.2 Å². The molecule has 1 fully saturated rings. The monoisotopic (exact) mass is 423 g/mol. The molecule has 0 saturated carbocycles. The molecular weight excluding hydrogens is 400 g/mol. The van der Waals surface area contributed by atoms with E-state index in [0.717, 1.165) is 42.8 Å². The first kappa shape index (κ1) is 20.9. The maximum Gasteiger partial charge on any atom is 0.187 e. The minimum absolute atomic E-state index is 0.0431. The highest BCUT2D eigenvalue weighted by atomic mass is 19.1. The number of carbonyl (C=O) groups excluding carboxylic acids is 1. The SMILES string of the molecule is Nc1ccc(-c2ccc(F)cc2F)nc1C(=O)Cc1cnccc1N1CCC[C@H](N)C1. The number of nitrogen functional groups attached to an aromatic ring is 1. The molecule has 8 heteroatoms. The van der Waals surface area contributed by atoms with Crippen molar-refractivity contribution in [3.05, 3.63) is 71.7 Å². The van der Waals surface area contributed by atoms with Crippen LogP contribution in [-0.4, -0.2) is 34.9 Å². The van der Waals surface area contributed by atoms with Crippen molar-refractivity contribution in [1.82, 2.24) is 9.97 Å². The molecule has 0 unspecified atom stereocenters. The lowest BCUT2D eigenvalue weighted by atomic mass is 10.0. The summed E-state index contributed by atoms with van der Waals surface area (Å²) in [4.78, 5) is 23.7. The predicted molar refractivity (Wildman–Crippen MR) is 116 cm³/mol. The molecule has 0 spiro atoms. The van der Waals surface area contributed by atoms with Gasteiger partial charge in [-0.15, -0.1) is 0 Å². The fraction of sp³-hybridized carbons (Fsp3) is 0.261. The highest BCUT2D eigenvalue weighted by Crippen LogP contribution is 2.27. The highest BCUT2D eigenvalue weighted by molar-refractivity contribution is 6.01. The van der Waals surface area contributed by atoms with Gasteiger partial charge in [0.2, 0.25) is 0 Å². The highest BCUT2D eigenvalue weighted by Gasteiger charge is 2.22. The summed E-state index contributed by atoms with van der Waals surface area (Å²) in [5.74, 6) is -1.75. The number of anilines is 2. The van der Waals surface area contributed by atoms with Crippen LogP contribution in [-0.2, 0) is 6.42 Å². The Morgan fingerprint density at radius 2 is 2.03 bits per heavy atom. The van der Waals surface area contributed by atoms with Crippen LogP contribution >= 0.6 is 0 Å². The molecule has 0 radical (unpaired) electrons. The number of halogens is 2. The van der Waals surface area contributed by atoms with Crippen molar-refractivity contribution >= 4 is 17.2 Å². The van der Waals surface area contributed by atoms with Crippen molar-refractivity contribution in [2.75, 3.05) is 23.7 Å². The summed E-state index contributed by atoms with van der Waals surface area (Å²) >= 11 is 0. The predicted octanol–water partition coefficient (Wildman–Crippen LogP) is 3.36. The van der Waals surface area contributed by atoms with E-state index in [0.29, 0.717) is 6.54 Å². The lowest BCUT2D eigenvalue weighted by molar-refractivity contribution is 0.0989. The van der Waals surface area contributed by atoms with E-state index >= 15 is 0 Å². The van der Waals surface area contributed by atoms with Crippen molar-refractivity contribution in [3.63, 3.8) is 0 Å². The average molecular weight is 423 g/mol. The summed E-state index contributed by atoms with van der Waals surface area (Å²) in [5.41, 5.74) is 14.3. The van der Waals surface area contributed by atoms with E-state index < -0.39 is 11.6 Å². The number of ketones is 1. The summed E-state index contributed by atoms with van der Waals surface area (Å²) in [6.45, 7) is 1.57. The summed E-state index contributed by atoms with van der Waals surface area (Å²) < 4.78 is 27.4. The number of piperidine rings is 1. The number of hydrogen-bond acceptors (Lipinski definition) is 6. The Labute approximate surface area is 178 Å². The standard InChI is InChI=1S/C23H23F2N5O/c24-15-3-4-17(18(25)11-15)20-6-5-19(27)23(29-20)22(31)10-14-12-28-8-7-21(14)30-9-1-2-16(26)13-30/h3-8,11-12,16H,1-2,9-10,13,26-27H2/t16-/m0/s1.